The molecule has 3 nitrogen and oxygen atoms in total. The fourth-order valence-electron chi connectivity index (χ4n) is 1.92. The normalized spacial score (nSPS) is 17.3. The molecule has 0 aromatic rings. The standard InChI is InChI=1S/C13H21NO2/c1-10(2)8-11(3)14-7-5-6-12(9-14)13(15)16-4/h5,7,9-11H,6,8H2,1-4H3. The predicted octanol–water partition coefficient (Wildman–Crippen LogP) is 2.70. The van der Waals surface area contributed by atoms with Crippen molar-refractivity contribution in [3.8, 4) is 0 Å². The predicted molar refractivity (Wildman–Crippen MR) is 64.6 cm³/mol. The minimum absolute atomic E-state index is 0.230. The van der Waals surface area contributed by atoms with Crippen LogP contribution >= 0.6 is 0 Å². The van der Waals surface area contributed by atoms with Gasteiger partial charge in [-0.15, -0.1) is 0 Å². The third-order valence-corrected chi connectivity index (χ3v) is 2.69. The Balaban J connectivity index is 2.67. The summed E-state index contributed by atoms with van der Waals surface area (Å²) in [4.78, 5) is 13.5. The van der Waals surface area contributed by atoms with Crippen LogP contribution < -0.4 is 0 Å². The number of ether oxygens (including phenoxy) is 1. The molecule has 0 fully saturated rings. The van der Waals surface area contributed by atoms with E-state index in [4.69, 9.17) is 4.74 Å². The molecular formula is C13H21NO2. The summed E-state index contributed by atoms with van der Waals surface area (Å²) in [6.45, 7) is 6.57. The van der Waals surface area contributed by atoms with Crippen LogP contribution in [-0.4, -0.2) is 24.0 Å². The molecule has 0 aliphatic carbocycles. The van der Waals surface area contributed by atoms with Crippen molar-refractivity contribution in [3.05, 3.63) is 24.0 Å². The lowest BCUT2D eigenvalue weighted by Gasteiger charge is -2.28. The van der Waals surface area contributed by atoms with E-state index < -0.39 is 0 Å². The molecule has 0 radical (unpaired) electrons. The smallest absolute Gasteiger partial charge is 0.335 e. The quantitative estimate of drug-likeness (QED) is 0.686. The number of carbonyl (C=O) groups excluding carboxylic acids is 1. The number of methoxy groups -OCH3 is 1. The average Bonchev–Trinajstić information content (AvgIpc) is 2.27. The molecule has 1 heterocycles. The Bertz CT molecular complexity index is 305. The van der Waals surface area contributed by atoms with Gasteiger partial charge >= 0.3 is 5.97 Å². The second kappa shape index (κ2) is 5.73. The monoisotopic (exact) mass is 223 g/mol. The van der Waals surface area contributed by atoms with E-state index in [-0.39, 0.29) is 5.97 Å². The summed E-state index contributed by atoms with van der Waals surface area (Å²) in [5.74, 6) is 0.423. The minimum atomic E-state index is -0.230. The molecule has 0 N–H and O–H groups in total. The molecule has 1 unspecified atom stereocenters. The van der Waals surface area contributed by atoms with Crippen molar-refractivity contribution in [2.75, 3.05) is 7.11 Å². The summed E-state index contributed by atoms with van der Waals surface area (Å²) >= 11 is 0. The van der Waals surface area contributed by atoms with Crippen molar-refractivity contribution in [3.63, 3.8) is 0 Å². The highest BCUT2D eigenvalue weighted by Crippen LogP contribution is 2.19. The molecule has 1 rings (SSSR count). The summed E-state index contributed by atoms with van der Waals surface area (Å²) in [6.07, 6.45) is 7.72. The molecule has 0 aromatic heterocycles. The number of rotatable bonds is 4. The van der Waals surface area contributed by atoms with Gasteiger partial charge in [0.25, 0.3) is 0 Å². The Labute approximate surface area is 97.8 Å². The first-order valence-corrected chi connectivity index (χ1v) is 5.77. The van der Waals surface area contributed by atoms with Crippen molar-refractivity contribution in [1.29, 1.82) is 0 Å². The second-order valence-electron chi connectivity index (χ2n) is 4.66. The van der Waals surface area contributed by atoms with E-state index in [2.05, 4.69) is 25.7 Å². The van der Waals surface area contributed by atoms with Crippen LogP contribution in [0.15, 0.2) is 24.0 Å². The van der Waals surface area contributed by atoms with Crippen molar-refractivity contribution in [2.24, 2.45) is 5.92 Å². The molecule has 90 valence electrons. The third kappa shape index (κ3) is 3.40. The lowest BCUT2D eigenvalue weighted by atomic mass is 10.0. The van der Waals surface area contributed by atoms with Crippen molar-refractivity contribution < 1.29 is 9.53 Å². The van der Waals surface area contributed by atoms with E-state index in [1.807, 2.05) is 18.5 Å². The molecule has 0 saturated heterocycles. The van der Waals surface area contributed by atoms with Crippen molar-refractivity contribution in [1.82, 2.24) is 4.90 Å². The van der Waals surface area contributed by atoms with Crippen LogP contribution in [0.4, 0.5) is 0 Å². The van der Waals surface area contributed by atoms with Crippen molar-refractivity contribution in [2.45, 2.75) is 39.7 Å². The maximum atomic E-state index is 11.4. The van der Waals surface area contributed by atoms with Gasteiger partial charge in [-0.2, -0.15) is 0 Å². The van der Waals surface area contributed by atoms with E-state index in [1.165, 1.54) is 7.11 Å². The number of allylic oxidation sites excluding steroid dienone is 1. The van der Waals surface area contributed by atoms with Gasteiger partial charge in [-0.05, 0) is 19.3 Å². The van der Waals surface area contributed by atoms with Gasteiger partial charge in [-0.1, -0.05) is 19.9 Å². The van der Waals surface area contributed by atoms with Crippen LogP contribution in [0.1, 0.15) is 33.6 Å². The highest BCUT2D eigenvalue weighted by Gasteiger charge is 2.17. The molecule has 0 bridgehead atoms. The minimum Gasteiger partial charge on any atom is -0.466 e. The van der Waals surface area contributed by atoms with Gasteiger partial charge in [0.05, 0.1) is 12.7 Å². The third-order valence-electron chi connectivity index (χ3n) is 2.69. The van der Waals surface area contributed by atoms with Crippen LogP contribution in [-0.2, 0) is 9.53 Å². The summed E-state index contributed by atoms with van der Waals surface area (Å²) in [6, 6.07) is 0.413. The highest BCUT2D eigenvalue weighted by molar-refractivity contribution is 5.88. The van der Waals surface area contributed by atoms with E-state index in [1.54, 1.807) is 0 Å². The molecule has 1 aliphatic heterocycles. The molecule has 0 amide bonds. The Morgan fingerprint density at radius 2 is 2.19 bits per heavy atom. The summed E-state index contributed by atoms with van der Waals surface area (Å²) in [5.41, 5.74) is 0.723. The number of esters is 1. The van der Waals surface area contributed by atoms with Crippen LogP contribution in [0, 0.1) is 5.92 Å². The van der Waals surface area contributed by atoms with E-state index >= 15 is 0 Å². The van der Waals surface area contributed by atoms with Gasteiger partial charge in [0, 0.05) is 24.9 Å². The Morgan fingerprint density at radius 3 is 2.75 bits per heavy atom. The van der Waals surface area contributed by atoms with Gasteiger partial charge in [0.15, 0.2) is 0 Å². The van der Waals surface area contributed by atoms with Gasteiger partial charge in [0.1, 0.15) is 0 Å². The fourth-order valence-corrected chi connectivity index (χ4v) is 1.92. The maximum Gasteiger partial charge on any atom is 0.335 e. The lowest BCUT2D eigenvalue weighted by Crippen LogP contribution is -2.27. The lowest BCUT2D eigenvalue weighted by molar-refractivity contribution is -0.136. The highest BCUT2D eigenvalue weighted by atomic mass is 16.5. The topological polar surface area (TPSA) is 29.5 Å². The van der Waals surface area contributed by atoms with Gasteiger partial charge in [-0.3, -0.25) is 0 Å². The molecule has 16 heavy (non-hydrogen) atoms. The van der Waals surface area contributed by atoms with Crippen molar-refractivity contribution >= 4 is 5.97 Å². The molecule has 0 saturated carbocycles. The molecule has 1 atom stereocenters. The van der Waals surface area contributed by atoms with E-state index in [9.17, 15) is 4.79 Å². The van der Waals surface area contributed by atoms with Gasteiger partial charge in [0.2, 0.25) is 0 Å². The Kier molecular flexibility index (Phi) is 4.59. The molecule has 1 aliphatic rings. The van der Waals surface area contributed by atoms with Crippen LogP contribution in [0.5, 0.6) is 0 Å². The zero-order valence-corrected chi connectivity index (χ0v) is 10.6. The molecule has 0 spiro atoms. The van der Waals surface area contributed by atoms with Gasteiger partial charge in [-0.25, -0.2) is 4.79 Å². The SMILES string of the molecule is COC(=O)C1=CN(C(C)CC(C)C)C=CC1. The number of hydrogen-bond acceptors (Lipinski definition) is 3. The molecule has 0 aromatic carbocycles. The van der Waals surface area contributed by atoms with Crippen LogP contribution in [0.2, 0.25) is 0 Å². The molecule has 3 heteroatoms. The zero-order valence-electron chi connectivity index (χ0n) is 10.6. The Hall–Kier alpha value is -1.25. The first-order valence-electron chi connectivity index (χ1n) is 5.77. The summed E-state index contributed by atoms with van der Waals surface area (Å²) in [7, 11) is 1.42. The van der Waals surface area contributed by atoms with Crippen LogP contribution in [0.3, 0.4) is 0 Å². The fraction of sp³-hybridized carbons (Fsp3) is 0.615. The van der Waals surface area contributed by atoms with E-state index in [0.717, 1.165) is 12.0 Å². The zero-order chi connectivity index (χ0) is 12.1. The van der Waals surface area contributed by atoms with Crippen LogP contribution in [0.25, 0.3) is 0 Å². The number of hydrogen-bond donors (Lipinski definition) is 0. The first kappa shape index (κ1) is 12.8. The Morgan fingerprint density at radius 1 is 1.50 bits per heavy atom. The summed E-state index contributed by atoms with van der Waals surface area (Å²) in [5, 5.41) is 0. The molecular weight excluding hydrogens is 202 g/mol. The second-order valence-corrected chi connectivity index (χ2v) is 4.66. The summed E-state index contributed by atoms with van der Waals surface area (Å²) < 4.78 is 4.73. The first-order chi connectivity index (χ1) is 7.54. The largest absolute Gasteiger partial charge is 0.466 e. The van der Waals surface area contributed by atoms with Gasteiger partial charge < -0.3 is 9.64 Å². The number of carbonyl (C=O) groups is 1. The maximum absolute atomic E-state index is 11.4. The number of nitrogens with zero attached hydrogens (tertiary/aromatic N) is 1. The van der Waals surface area contributed by atoms with E-state index in [0.29, 0.717) is 18.4 Å². The average molecular weight is 223 g/mol.